The van der Waals surface area contributed by atoms with Crippen LogP contribution in [0.3, 0.4) is 0 Å². The van der Waals surface area contributed by atoms with Gasteiger partial charge < -0.3 is 0 Å². The first kappa shape index (κ1) is 13.1. The average molecular weight is 375 g/mol. The standard InChI is InChI=1S/C16H10INO2/c17-14-7-3-1-6-13(14)16(20)18-9-11(10-19)12-5-2-4-8-15(12)18/h1-10H. The van der Waals surface area contributed by atoms with Crippen molar-refractivity contribution >= 4 is 45.7 Å². The van der Waals surface area contributed by atoms with Crippen LogP contribution in [0.25, 0.3) is 10.9 Å². The lowest BCUT2D eigenvalue weighted by Crippen LogP contribution is -2.12. The maximum absolute atomic E-state index is 12.7. The first-order valence-corrected chi connectivity index (χ1v) is 7.15. The highest BCUT2D eigenvalue weighted by atomic mass is 127. The molecule has 0 radical (unpaired) electrons. The van der Waals surface area contributed by atoms with E-state index in [4.69, 9.17) is 0 Å². The van der Waals surface area contributed by atoms with Crippen LogP contribution in [0.5, 0.6) is 0 Å². The third kappa shape index (κ3) is 2.06. The van der Waals surface area contributed by atoms with Gasteiger partial charge in [-0.1, -0.05) is 30.3 Å². The summed E-state index contributed by atoms with van der Waals surface area (Å²) in [7, 11) is 0. The number of benzene rings is 2. The molecule has 20 heavy (non-hydrogen) atoms. The Hall–Kier alpha value is -1.95. The van der Waals surface area contributed by atoms with E-state index in [1.807, 2.05) is 42.5 Å². The molecule has 3 nitrogen and oxygen atoms in total. The highest BCUT2D eigenvalue weighted by Gasteiger charge is 2.16. The minimum Gasteiger partial charge on any atom is -0.298 e. The Morgan fingerprint density at radius 3 is 2.50 bits per heavy atom. The van der Waals surface area contributed by atoms with Crippen LogP contribution in [0.2, 0.25) is 0 Å². The maximum Gasteiger partial charge on any atom is 0.263 e. The monoisotopic (exact) mass is 375 g/mol. The van der Waals surface area contributed by atoms with E-state index in [0.29, 0.717) is 11.1 Å². The van der Waals surface area contributed by atoms with Crippen molar-refractivity contribution in [1.29, 1.82) is 0 Å². The Kier molecular flexibility index (Phi) is 3.40. The van der Waals surface area contributed by atoms with Gasteiger partial charge >= 0.3 is 0 Å². The molecule has 0 bridgehead atoms. The Morgan fingerprint density at radius 2 is 1.75 bits per heavy atom. The molecule has 0 aliphatic carbocycles. The molecule has 4 heteroatoms. The van der Waals surface area contributed by atoms with Gasteiger partial charge in [0.2, 0.25) is 0 Å². The third-order valence-corrected chi connectivity index (χ3v) is 4.13. The van der Waals surface area contributed by atoms with Crippen molar-refractivity contribution in [3.8, 4) is 0 Å². The van der Waals surface area contributed by atoms with Crippen molar-refractivity contribution in [2.75, 3.05) is 0 Å². The fraction of sp³-hybridized carbons (Fsp3) is 0. The number of hydrogen-bond acceptors (Lipinski definition) is 2. The summed E-state index contributed by atoms with van der Waals surface area (Å²) in [5.41, 5.74) is 1.91. The Bertz CT molecular complexity index is 820. The van der Waals surface area contributed by atoms with Crippen LogP contribution in [-0.4, -0.2) is 16.8 Å². The lowest BCUT2D eigenvalue weighted by molar-refractivity contribution is 0.0964. The van der Waals surface area contributed by atoms with Crippen LogP contribution in [-0.2, 0) is 0 Å². The van der Waals surface area contributed by atoms with Crippen molar-refractivity contribution in [1.82, 2.24) is 4.57 Å². The van der Waals surface area contributed by atoms with Crippen LogP contribution in [0.15, 0.2) is 54.7 Å². The predicted molar refractivity (Wildman–Crippen MR) is 86.2 cm³/mol. The second kappa shape index (κ2) is 5.20. The normalized spacial score (nSPS) is 10.7. The zero-order chi connectivity index (χ0) is 14.1. The van der Waals surface area contributed by atoms with E-state index < -0.39 is 0 Å². The maximum atomic E-state index is 12.7. The second-order valence-corrected chi connectivity index (χ2v) is 5.54. The summed E-state index contributed by atoms with van der Waals surface area (Å²) in [6.07, 6.45) is 2.38. The number of carbonyl (C=O) groups is 2. The van der Waals surface area contributed by atoms with E-state index in [1.54, 1.807) is 12.3 Å². The molecule has 0 saturated heterocycles. The summed E-state index contributed by atoms with van der Waals surface area (Å²) in [6, 6.07) is 14.8. The Labute approximate surface area is 129 Å². The van der Waals surface area contributed by atoms with Crippen molar-refractivity contribution in [3.05, 3.63) is 69.4 Å². The Morgan fingerprint density at radius 1 is 1.05 bits per heavy atom. The number of aromatic nitrogens is 1. The lowest BCUT2D eigenvalue weighted by Gasteiger charge is -2.05. The molecule has 0 unspecified atom stereocenters. The molecule has 98 valence electrons. The topological polar surface area (TPSA) is 39.1 Å². The van der Waals surface area contributed by atoms with Gasteiger partial charge in [0.25, 0.3) is 5.91 Å². The smallest absolute Gasteiger partial charge is 0.263 e. The van der Waals surface area contributed by atoms with E-state index >= 15 is 0 Å². The van der Waals surface area contributed by atoms with Gasteiger partial charge in [-0.3, -0.25) is 14.2 Å². The first-order valence-electron chi connectivity index (χ1n) is 6.07. The van der Waals surface area contributed by atoms with Gasteiger partial charge in [0, 0.05) is 20.7 Å². The van der Waals surface area contributed by atoms with Crippen molar-refractivity contribution < 1.29 is 9.59 Å². The summed E-state index contributed by atoms with van der Waals surface area (Å²) < 4.78 is 2.43. The van der Waals surface area contributed by atoms with Crippen LogP contribution < -0.4 is 0 Å². The molecular formula is C16H10INO2. The molecule has 0 aliphatic rings. The highest BCUT2D eigenvalue weighted by molar-refractivity contribution is 14.1. The van der Waals surface area contributed by atoms with Gasteiger partial charge in [-0.05, 0) is 40.8 Å². The molecule has 0 saturated carbocycles. The van der Waals surface area contributed by atoms with E-state index in [2.05, 4.69) is 22.6 Å². The van der Waals surface area contributed by atoms with Gasteiger partial charge in [0.05, 0.1) is 11.1 Å². The van der Waals surface area contributed by atoms with Gasteiger partial charge in [0.15, 0.2) is 6.29 Å². The summed E-state index contributed by atoms with van der Waals surface area (Å²) in [5.74, 6) is -0.126. The number of halogens is 1. The minimum atomic E-state index is -0.126. The van der Waals surface area contributed by atoms with Gasteiger partial charge in [-0.2, -0.15) is 0 Å². The molecular weight excluding hydrogens is 365 g/mol. The number of carbonyl (C=O) groups excluding carboxylic acids is 2. The average Bonchev–Trinajstić information content (AvgIpc) is 2.86. The fourth-order valence-corrected chi connectivity index (χ4v) is 2.85. The number of aldehydes is 1. The molecule has 0 atom stereocenters. The number of hydrogen-bond donors (Lipinski definition) is 0. The number of fused-ring (bicyclic) bond motifs is 1. The molecule has 3 rings (SSSR count). The second-order valence-electron chi connectivity index (χ2n) is 4.37. The molecule has 1 heterocycles. The lowest BCUT2D eigenvalue weighted by atomic mass is 10.2. The molecule has 3 aromatic rings. The van der Waals surface area contributed by atoms with Crippen molar-refractivity contribution in [3.63, 3.8) is 0 Å². The summed E-state index contributed by atoms with van der Waals surface area (Å²) in [4.78, 5) is 23.8. The number of para-hydroxylation sites is 1. The van der Waals surface area contributed by atoms with Crippen molar-refractivity contribution in [2.24, 2.45) is 0 Å². The zero-order valence-corrected chi connectivity index (χ0v) is 12.6. The van der Waals surface area contributed by atoms with E-state index in [9.17, 15) is 9.59 Å². The van der Waals surface area contributed by atoms with Crippen molar-refractivity contribution in [2.45, 2.75) is 0 Å². The zero-order valence-electron chi connectivity index (χ0n) is 10.4. The van der Waals surface area contributed by atoms with Crippen LogP contribution in [0, 0.1) is 3.57 Å². The van der Waals surface area contributed by atoms with Crippen LogP contribution in [0.1, 0.15) is 20.7 Å². The molecule has 0 N–H and O–H groups in total. The molecule has 2 aromatic carbocycles. The largest absolute Gasteiger partial charge is 0.298 e. The molecule has 0 spiro atoms. The first-order chi connectivity index (χ1) is 9.72. The highest BCUT2D eigenvalue weighted by Crippen LogP contribution is 2.22. The predicted octanol–water partition coefficient (Wildman–Crippen LogP) is 3.75. The van der Waals surface area contributed by atoms with Gasteiger partial charge in [0.1, 0.15) is 0 Å². The minimum absolute atomic E-state index is 0.126. The number of nitrogens with zero attached hydrogens (tertiary/aromatic N) is 1. The van der Waals surface area contributed by atoms with Crippen LogP contribution in [0.4, 0.5) is 0 Å². The molecule has 0 fully saturated rings. The Balaban J connectivity index is 2.23. The summed E-state index contributed by atoms with van der Waals surface area (Å²) in [5, 5.41) is 0.793. The third-order valence-electron chi connectivity index (χ3n) is 3.19. The SMILES string of the molecule is O=Cc1cn(C(=O)c2ccccc2I)c2ccccc12. The summed E-state index contributed by atoms with van der Waals surface area (Å²) in [6.45, 7) is 0. The fourth-order valence-electron chi connectivity index (χ4n) is 2.23. The quantitative estimate of drug-likeness (QED) is 0.506. The van der Waals surface area contributed by atoms with Gasteiger partial charge in [-0.25, -0.2) is 0 Å². The van der Waals surface area contributed by atoms with Crippen LogP contribution >= 0.6 is 22.6 Å². The van der Waals surface area contributed by atoms with E-state index in [-0.39, 0.29) is 5.91 Å². The van der Waals surface area contributed by atoms with E-state index in [1.165, 1.54) is 4.57 Å². The summed E-state index contributed by atoms with van der Waals surface area (Å²) >= 11 is 2.14. The number of rotatable bonds is 2. The molecule has 0 amide bonds. The molecule has 1 aromatic heterocycles. The molecule has 0 aliphatic heterocycles. The van der Waals surface area contributed by atoms with Gasteiger partial charge in [-0.15, -0.1) is 0 Å². The van der Waals surface area contributed by atoms with E-state index in [0.717, 1.165) is 20.8 Å².